The summed E-state index contributed by atoms with van der Waals surface area (Å²) < 4.78 is 4.89. The fourth-order valence-corrected chi connectivity index (χ4v) is 2.77. The molecule has 0 aromatic carbocycles. The van der Waals surface area contributed by atoms with E-state index in [1.165, 1.54) is 19.3 Å². The Labute approximate surface area is 184 Å². The van der Waals surface area contributed by atoms with Crippen LogP contribution in [0.3, 0.4) is 0 Å². The van der Waals surface area contributed by atoms with Gasteiger partial charge in [0.25, 0.3) is 0 Å². The van der Waals surface area contributed by atoms with Crippen molar-refractivity contribution in [3.63, 3.8) is 0 Å². The molecule has 0 amide bonds. The van der Waals surface area contributed by atoms with Gasteiger partial charge in [-0.1, -0.05) is 31.9 Å². The molecule has 2 aliphatic rings. The van der Waals surface area contributed by atoms with Crippen LogP contribution < -0.4 is 0 Å². The summed E-state index contributed by atoms with van der Waals surface area (Å²) in [6, 6.07) is 0. The maximum absolute atomic E-state index is 11.3. The standard InChI is InChI=1S/C19H29O3.C5H5.Fe/c1-3-5-6-7-8-11-16-12-9-13-17(16)18(20)14-10-15-19(21)22-4-2;1-2-4-5-3-1;/h8-9,11-13,18,20H,3-7,10,14-15H2,1-2H3;1-5H;/q;;+2/b11-8-;;/t18-;;/m0../s1. The van der Waals surface area contributed by atoms with E-state index in [2.05, 4.69) is 19.1 Å². The van der Waals surface area contributed by atoms with Crippen LogP contribution in [0.4, 0.5) is 0 Å². The van der Waals surface area contributed by atoms with Crippen molar-refractivity contribution in [2.75, 3.05) is 6.61 Å². The summed E-state index contributed by atoms with van der Waals surface area (Å²) in [5, 5.41) is 10.3. The molecule has 4 heteroatoms. The first kappa shape index (κ1) is 27.7. The molecule has 2 aliphatic carbocycles. The maximum atomic E-state index is 11.3. The summed E-state index contributed by atoms with van der Waals surface area (Å²) >= 11 is 0. The van der Waals surface area contributed by atoms with Gasteiger partial charge >= 0.3 is 23.0 Å². The average Bonchev–Trinajstić information content (AvgIpc) is 3.36. The van der Waals surface area contributed by atoms with E-state index in [1.807, 2.05) is 51.4 Å². The molecule has 0 heterocycles. The van der Waals surface area contributed by atoms with Crippen LogP contribution in [0.15, 0.2) is 12.2 Å². The van der Waals surface area contributed by atoms with E-state index in [4.69, 9.17) is 4.74 Å². The van der Waals surface area contributed by atoms with Crippen LogP contribution >= 0.6 is 0 Å². The van der Waals surface area contributed by atoms with Gasteiger partial charge in [0.2, 0.25) is 0 Å². The van der Waals surface area contributed by atoms with E-state index < -0.39 is 6.10 Å². The molecule has 0 aromatic heterocycles. The number of carbonyl (C=O) groups excluding carboxylic acids is 1. The number of aliphatic hydroxyl groups excluding tert-OH is 1. The fraction of sp³-hybridized carbons (Fsp3) is 0.458. The van der Waals surface area contributed by atoms with E-state index in [1.54, 1.807) is 6.92 Å². The van der Waals surface area contributed by atoms with Gasteiger partial charge in [-0.15, -0.1) is 0 Å². The van der Waals surface area contributed by atoms with E-state index in [9.17, 15) is 9.90 Å². The van der Waals surface area contributed by atoms with Gasteiger partial charge in [-0.05, 0) is 84.0 Å². The van der Waals surface area contributed by atoms with Crippen molar-refractivity contribution in [1.29, 1.82) is 0 Å². The van der Waals surface area contributed by atoms with Crippen molar-refractivity contribution in [3.8, 4) is 0 Å². The molecule has 0 spiro atoms. The Bertz CT molecular complexity index is 386. The van der Waals surface area contributed by atoms with Gasteiger partial charge < -0.3 is 9.84 Å². The number of allylic oxidation sites excluding steroid dienone is 2. The van der Waals surface area contributed by atoms with E-state index >= 15 is 0 Å². The van der Waals surface area contributed by atoms with E-state index in [-0.39, 0.29) is 23.0 Å². The molecule has 0 saturated heterocycles. The van der Waals surface area contributed by atoms with Crippen molar-refractivity contribution in [2.45, 2.75) is 64.9 Å². The van der Waals surface area contributed by atoms with Gasteiger partial charge in [-0.2, -0.15) is 0 Å². The second-order valence-electron chi connectivity index (χ2n) is 6.51. The molecule has 0 bridgehead atoms. The molecule has 1 N–H and O–H groups in total. The van der Waals surface area contributed by atoms with Gasteiger partial charge in [0.15, 0.2) is 0 Å². The number of ether oxygens (including phenoxy) is 1. The minimum atomic E-state index is -0.514. The van der Waals surface area contributed by atoms with Crippen LogP contribution in [0.1, 0.15) is 58.8 Å². The molecule has 28 heavy (non-hydrogen) atoms. The Hall–Kier alpha value is -0.311. The molecule has 2 rings (SSSR count). The molecule has 3 nitrogen and oxygen atoms in total. The topological polar surface area (TPSA) is 46.5 Å². The minimum Gasteiger partial charge on any atom is -0.466 e. The Morgan fingerprint density at radius 2 is 1.71 bits per heavy atom. The summed E-state index contributed by atoms with van der Waals surface area (Å²) in [4.78, 5) is 11.3. The van der Waals surface area contributed by atoms with Crippen molar-refractivity contribution in [1.82, 2.24) is 0 Å². The van der Waals surface area contributed by atoms with Gasteiger partial charge in [-0.25, -0.2) is 0 Å². The van der Waals surface area contributed by atoms with Crippen LogP contribution in [0.25, 0.3) is 0 Å². The predicted octanol–water partition coefficient (Wildman–Crippen LogP) is 5.01. The number of hydrogen-bond donors (Lipinski definition) is 1. The van der Waals surface area contributed by atoms with Crippen molar-refractivity contribution >= 4 is 5.97 Å². The zero-order valence-electron chi connectivity index (χ0n) is 17.1. The summed E-state index contributed by atoms with van der Waals surface area (Å²) in [7, 11) is 0. The average molecular weight is 426 g/mol. The Morgan fingerprint density at radius 3 is 2.32 bits per heavy atom. The molecule has 154 valence electrons. The Kier molecular flexibility index (Phi) is 18.5. The zero-order chi connectivity index (χ0) is 19.7. The second-order valence-corrected chi connectivity index (χ2v) is 6.51. The monoisotopic (exact) mass is 426 g/mol. The smallest absolute Gasteiger partial charge is 0.466 e. The van der Waals surface area contributed by atoms with Crippen molar-refractivity contribution in [3.05, 3.63) is 75.4 Å². The van der Waals surface area contributed by atoms with Gasteiger partial charge in [-0.3, -0.25) is 4.79 Å². The third-order valence-electron chi connectivity index (χ3n) is 4.23. The summed E-state index contributed by atoms with van der Waals surface area (Å²) in [5.41, 5.74) is 0. The zero-order valence-corrected chi connectivity index (χ0v) is 18.2. The fourth-order valence-electron chi connectivity index (χ4n) is 2.77. The number of rotatable bonds is 11. The quantitative estimate of drug-likeness (QED) is 0.287. The van der Waals surface area contributed by atoms with Crippen LogP contribution in [0.2, 0.25) is 0 Å². The van der Waals surface area contributed by atoms with Gasteiger partial charge in [0, 0.05) is 18.3 Å². The second kappa shape index (κ2) is 18.7. The maximum Gasteiger partial charge on any atom is 2.00 e. The SMILES string of the molecule is CCCCC/C=C\[C]1[CH][CH][CH][C]1[C@@H](O)CCCC(=O)OCC.[CH]1[CH][CH][CH][CH]1.[Fe+2]. The number of aliphatic hydroxyl groups is 1. The molecule has 2 fully saturated rings. The number of esters is 1. The van der Waals surface area contributed by atoms with Crippen LogP contribution in [-0.4, -0.2) is 23.8 Å². The van der Waals surface area contributed by atoms with Crippen molar-refractivity contribution in [2.24, 2.45) is 0 Å². The van der Waals surface area contributed by atoms with E-state index in [0.717, 1.165) is 18.3 Å². The first-order chi connectivity index (χ1) is 13.2. The van der Waals surface area contributed by atoms with Gasteiger partial charge in [0.05, 0.1) is 12.7 Å². The molecule has 0 unspecified atom stereocenters. The number of hydrogen-bond acceptors (Lipinski definition) is 3. The molecular formula is C24H34FeO3+2. The Balaban J connectivity index is 0.00000105. The van der Waals surface area contributed by atoms with E-state index in [0.29, 0.717) is 25.9 Å². The predicted molar refractivity (Wildman–Crippen MR) is 111 cm³/mol. The third kappa shape index (κ3) is 13.0. The van der Waals surface area contributed by atoms with Crippen LogP contribution in [0.5, 0.6) is 0 Å². The number of unbranched alkanes of at least 4 members (excludes halogenated alkanes) is 3. The molecule has 1 atom stereocenters. The number of carbonyl (C=O) groups is 1. The normalized spacial score (nSPS) is 18.5. The van der Waals surface area contributed by atoms with Crippen LogP contribution in [-0.2, 0) is 26.6 Å². The summed E-state index contributed by atoms with van der Waals surface area (Å²) in [6.45, 7) is 4.42. The summed E-state index contributed by atoms with van der Waals surface area (Å²) in [5.74, 6) is 1.85. The largest absolute Gasteiger partial charge is 2.00 e. The molecular weight excluding hydrogens is 392 g/mol. The molecule has 10 radical (unpaired) electrons. The molecule has 0 aromatic rings. The van der Waals surface area contributed by atoms with Gasteiger partial charge in [0.1, 0.15) is 0 Å². The first-order valence-corrected chi connectivity index (χ1v) is 10.1. The first-order valence-electron chi connectivity index (χ1n) is 10.1. The minimum absolute atomic E-state index is 0. The summed E-state index contributed by atoms with van der Waals surface area (Å²) in [6.07, 6.45) is 26.1. The Morgan fingerprint density at radius 1 is 1.04 bits per heavy atom. The molecule has 2 saturated carbocycles. The van der Waals surface area contributed by atoms with Crippen molar-refractivity contribution < 1.29 is 31.7 Å². The third-order valence-corrected chi connectivity index (χ3v) is 4.23. The van der Waals surface area contributed by atoms with Crippen LogP contribution in [0, 0.1) is 63.2 Å². The molecule has 0 aliphatic heterocycles.